The highest BCUT2D eigenvalue weighted by molar-refractivity contribution is 5.92. The second-order valence-corrected chi connectivity index (χ2v) is 5.86. The number of carbonyl (C=O) groups is 1. The first-order valence-corrected chi connectivity index (χ1v) is 6.87. The first-order chi connectivity index (χ1) is 10.4. The van der Waals surface area contributed by atoms with E-state index in [-0.39, 0.29) is 5.91 Å². The number of aromatic nitrogens is 1. The Kier molecular flexibility index (Phi) is 2.44. The quantitative estimate of drug-likeness (QED) is 0.788. The molecule has 0 atom stereocenters. The van der Waals surface area contributed by atoms with Crippen molar-refractivity contribution in [2.45, 2.75) is 19.3 Å². The number of hydrogen-bond donors (Lipinski definition) is 1. The summed E-state index contributed by atoms with van der Waals surface area (Å²) < 4.78 is 5.75. The summed E-state index contributed by atoms with van der Waals surface area (Å²) in [6.07, 6.45) is 6.41. The molecule has 1 N–H and O–H groups in total. The Morgan fingerprint density at radius 1 is 1.23 bits per heavy atom. The van der Waals surface area contributed by atoms with Crippen LogP contribution in [0.3, 0.4) is 0 Å². The van der Waals surface area contributed by atoms with Crippen molar-refractivity contribution in [2.75, 3.05) is 0 Å². The zero-order valence-corrected chi connectivity index (χ0v) is 12.1. The van der Waals surface area contributed by atoms with Crippen molar-refractivity contribution >= 4 is 22.6 Å². The molecule has 1 aromatic heterocycles. The normalized spacial score (nSPS) is 19.0. The molecule has 1 amide bonds. The van der Waals surface area contributed by atoms with E-state index in [2.05, 4.69) is 9.98 Å². The molecule has 0 saturated heterocycles. The summed E-state index contributed by atoms with van der Waals surface area (Å²) in [7, 11) is 0. The van der Waals surface area contributed by atoms with E-state index >= 15 is 0 Å². The summed E-state index contributed by atoms with van der Waals surface area (Å²) in [5.74, 6) is -0.147. The molecule has 2 aliphatic rings. The number of allylic oxidation sites excluding steroid dienone is 2. The molecule has 0 fully saturated rings. The second kappa shape index (κ2) is 4.14. The van der Waals surface area contributed by atoms with E-state index < -0.39 is 5.41 Å². The highest BCUT2D eigenvalue weighted by Crippen LogP contribution is 2.27. The summed E-state index contributed by atoms with van der Waals surface area (Å²) in [6.45, 7) is 3.71. The number of nitrogens with zero attached hydrogens (tertiary/aromatic N) is 3. The average Bonchev–Trinajstić information content (AvgIpc) is 2.98. The van der Waals surface area contributed by atoms with Gasteiger partial charge in [0, 0.05) is 24.0 Å². The molecule has 0 aliphatic carbocycles. The van der Waals surface area contributed by atoms with Crippen LogP contribution in [0.25, 0.3) is 16.7 Å². The van der Waals surface area contributed by atoms with Crippen molar-refractivity contribution in [2.24, 2.45) is 4.99 Å². The van der Waals surface area contributed by atoms with Crippen LogP contribution in [0, 0.1) is 0 Å². The number of hydrogen-bond acceptors (Lipinski definition) is 5. The third kappa shape index (κ3) is 1.74. The van der Waals surface area contributed by atoms with Gasteiger partial charge >= 0.3 is 0 Å². The lowest BCUT2D eigenvalue weighted by molar-refractivity contribution is -0.121. The number of benzene rings is 1. The SMILES string of the molecule is CC1(C)C(=O)N=c2cc3oc(=C4C=CN(O)C=C4)nc3cc21. The maximum atomic E-state index is 11.9. The second-order valence-electron chi connectivity index (χ2n) is 5.86. The third-order valence-electron chi connectivity index (χ3n) is 4.00. The van der Waals surface area contributed by atoms with Crippen molar-refractivity contribution in [3.05, 3.63) is 53.2 Å². The van der Waals surface area contributed by atoms with Gasteiger partial charge in [-0.15, -0.1) is 0 Å². The van der Waals surface area contributed by atoms with Gasteiger partial charge in [0.2, 0.25) is 5.55 Å². The topological polar surface area (TPSA) is 78.9 Å². The van der Waals surface area contributed by atoms with Gasteiger partial charge in [-0.05, 0) is 37.6 Å². The van der Waals surface area contributed by atoms with E-state index in [4.69, 9.17) is 4.42 Å². The molecular formula is C16H13N3O3. The lowest BCUT2D eigenvalue weighted by Crippen LogP contribution is -2.25. The number of rotatable bonds is 0. The number of carbonyl (C=O) groups excluding carboxylic acids is 1. The van der Waals surface area contributed by atoms with Crippen molar-refractivity contribution in [3.63, 3.8) is 0 Å². The Bertz CT molecular complexity index is 980. The first kappa shape index (κ1) is 13.0. The molecule has 3 heterocycles. The van der Waals surface area contributed by atoms with Gasteiger partial charge in [-0.2, -0.15) is 0 Å². The van der Waals surface area contributed by atoms with Crippen LogP contribution in [0.15, 0.2) is 46.1 Å². The number of oxazole rings is 1. The van der Waals surface area contributed by atoms with Crippen molar-refractivity contribution in [3.8, 4) is 0 Å². The molecular weight excluding hydrogens is 282 g/mol. The van der Waals surface area contributed by atoms with Crippen LogP contribution in [0.1, 0.15) is 19.4 Å². The molecule has 110 valence electrons. The fourth-order valence-electron chi connectivity index (χ4n) is 2.61. The zero-order valence-electron chi connectivity index (χ0n) is 12.1. The van der Waals surface area contributed by atoms with E-state index in [0.717, 1.165) is 16.2 Å². The summed E-state index contributed by atoms with van der Waals surface area (Å²) >= 11 is 0. The van der Waals surface area contributed by atoms with Gasteiger partial charge in [0.1, 0.15) is 5.52 Å². The highest BCUT2D eigenvalue weighted by atomic mass is 16.5. The number of fused-ring (bicyclic) bond motifs is 2. The Hall–Kier alpha value is -2.73. The lowest BCUT2D eigenvalue weighted by Gasteiger charge is -2.14. The minimum atomic E-state index is -0.627. The molecule has 22 heavy (non-hydrogen) atoms. The van der Waals surface area contributed by atoms with E-state index in [9.17, 15) is 10.0 Å². The predicted molar refractivity (Wildman–Crippen MR) is 78.1 cm³/mol. The maximum Gasteiger partial charge on any atom is 0.256 e. The number of amides is 1. The Labute approximate surface area is 125 Å². The molecule has 0 bridgehead atoms. The molecule has 1 aromatic carbocycles. The molecule has 0 saturated carbocycles. The van der Waals surface area contributed by atoms with E-state index in [1.165, 1.54) is 12.4 Å². The van der Waals surface area contributed by atoms with E-state index in [1.54, 1.807) is 18.2 Å². The van der Waals surface area contributed by atoms with Crippen LogP contribution in [0.4, 0.5) is 0 Å². The molecule has 0 spiro atoms. The van der Waals surface area contributed by atoms with Gasteiger partial charge in [0.15, 0.2) is 5.58 Å². The Morgan fingerprint density at radius 2 is 1.95 bits per heavy atom. The standard InChI is InChI=1S/C16H13N3O3/c1-16(2)10-7-12-13(8-11(10)18-15(16)20)22-14(17-12)9-3-5-19(21)6-4-9/h3-8,21H,1-2H3. The number of hydroxylamine groups is 2. The maximum absolute atomic E-state index is 11.9. The van der Waals surface area contributed by atoms with Crippen LogP contribution in [0.2, 0.25) is 0 Å². The summed E-state index contributed by atoms with van der Waals surface area (Å²) in [5.41, 5.74) is 2.73. The smallest absolute Gasteiger partial charge is 0.256 e. The van der Waals surface area contributed by atoms with Gasteiger partial charge in [-0.1, -0.05) is 0 Å². The largest absolute Gasteiger partial charge is 0.436 e. The van der Waals surface area contributed by atoms with Gasteiger partial charge in [-0.3, -0.25) is 10.0 Å². The summed E-state index contributed by atoms with van der Waals surface area (Å²) in [6, 6.07) is 3.62. The van der Waals surface area contributed by atoms with Crippen LogP contribution < -0.4 is 10.9 Å². The minimum Gasteiger partial charge on any atom is -0.436 e. The van der Waals surface area contributed by atoms with Gasteiger partial charge in [0.25, 0.3) is 5.91 Å². The highest BCUT2D eigenvalue weighted by Gasteiger charge is 2.36. The van der Waals surface area contributed by atoms with Crippen molar-refractivity contribution in [1.29, 1.82) is 0 Å². The third-order valence-corrected chi connectivity index (χ3v) is 4.00. The molecule has 0 radical (unpaired) electrons. The predicted octanol–water partition coefficient (Wildman–Crippen LogP) is 1.15. The molecule has 2 aromatic rings. The van der Waals surface area contributed by atoms with Gasteiger partial charge in [0.05, 0.1) is 10.8 Å². The van der Waals surface area contributed by atoms with E-state index in [0.29, 0.717) is 22.0 Å². The van der Waals surface area contributed by atoms with E-state index in [1.807, 2.05) is 19.9 Å². The van der Waals surface area contributed by atoms with Crippen LogP contribution in [-0.4, -0.2) is 21.2 Å². The fourth-order valence-corrected chi connectivity index (χ4v) is 2.61. The monoisotopic (exact) mass is 295 g/mol. The fraction of sp³-hybridized carbons (Fsp3) is 0.188. The Morgan fingerprint density at radius 3 is 2.68 bits per heavy atom. The summed E-state index contributed by atoms with van der Waals surface area (Å²) in [5, 5.41) is 10.9. The molecule has 4 rings (SSSR count). The van der Waals surface area contributed by atoms with Gasteiger partial charge in [-0.25, -0.2) is 15.0 Å². The van der Waals surface area contributed by atoms with Crippen molar-refractivity contribution < 1.29 is 14.4 Å². The molecule has 0 unspecified atom stereocenters. The van der Waals surface area contributed by atoms with Crippen LogP contribution in [0.5, 0.6) is 0 Å². The average molecular weight is 295 g/mol. The van der Waals surface area contributed by atoms with Crippen molar-refractivity contribution in [1.82, 2.24) is 10.0 Å². The minimum absolute atomic E-state index is 0.147. The Balaban J connectivity index is 1.97. The molecule has 2 aliphatic heterocycles. The van der Waals surface area contributed by atoms with Gasteiger partial charge < -0.3 is 4.42 Å². The van der Waals surface area contributed by atoms with Crippen LogP contribution in [-0.2, 0) is 10.2 Å². The van der Waals surface area contributed by atoms with Crippen LogP contribution >= 0.6 is 0 Å². The lowest BCUT2D eigenvalue weighted by atomic mass is 9.86. The summed E-state index contributed by atoms with van der Waals surface area (Å²) in [4.78, 5) is 20.5. The first-order valence-electron chi connectivity index (χ1n) is 6.87. The molecule has 6 nitrogen and oxygen atoms in total. The molecule has 6 heteroatoms. The zero-order chi connectivity index (χ0) is 15.5.